The van der Waals surface area contributed by atoms with Crippen molar-refractivity contribution in [2.24, 2.45) is 11.5 Å². The highest BCUT2D eigenvalue weighted by Crippen LogP contribution is 2.26. The van der Waals surface area contributed by atoms with Gasteiger partial charge in [0.05, 0.1) is 0 Å². The molecule has 0 saturated carbocycles. The maximum atomic E-state index is 12.5. The van der Waals surface area contributed by atoms with E-state index >= 15 is 0 Å². The highest BCUT2D eigenvalue weighted by atomic mass is 16.2. The summed E-state index contributed by atoms with van der Waals surface area (Å²) in [6, 6.07) is -0.850. The van der Waals surface area contributed by atoms with Gasteiger partial charge in [-0.05, 0) is 12.8 Å². The number of rotatable bonds is 6. The number of nitrogens with one attached hydrogen (secondary N) is 1. The highest BCUT2D eigenvalue weighted by Gasteiger charge is 2.37. The standard InChI is InChI=1S/C14H23N5O4/c15-8-10-2-1-9(7-11(16)20)19(10)13(22)4-6-18-12(21)3-5-17-14(18)23/h9-10H,1-8,15H2,(H2,16,20)(H,17,23)/t9-,10+/m1/s1. The Kier molecular flexibility index (Phi) is 5.54. The summed E-state index contributed by atoms with van der Waals surface area (Å²) in [5, 5.41) is 2.57. The number of carbonyl (C=O) groups is 4. The quantitative estimate of drug-likeness (QED) is 0.546. The summed E-state index contributed by atoms with van der Waals surface area (Å²) in [5.41, 5.74) is 10.9. The first-order valence-corrected chi connectivity index (χ1v) is 7.81. The number of amides is 5. The molecule has 2 atom stereocenters. The number of urea groups is 1. The van der Waals surface area contributed by atoms with E-state index in [1.54, 1.807) is 4.90 Å². The fourth-order valence-electron chi connectivity index (χ4n) is 3.22. The molecule has 0 unspecified atom stereocenters. The van der Waals surface area contributed by atoms with Crippen molar-refractivity contribution in [3.8, 4) is 0 Å². The van der Waals surface area contributed by atoms with Gasteiger partial charge in [0, 0.05) is 51.0 Å². The van der Waals surface area contributed by atoms with Crippen molar-refractivity contribution in [1.29, 1.82) is 0 Å². The Hall–Kier alpha value is -2.16. The van der Waals surface area contributed by atoms with Crippen LogP contribution in [0.1, 0.15) is 32.1 Å². The molecule has 0 aromatic heterocycles. The van der Waals surface area contributed by atoms with Crippen LogP contribution in [0.3, 0.4) is 0 Å². The molecule has 9 heteroatoms. The Morgan fingerprint density at radius 3 is 2.52 bits per heavy atom. The zero-order valence-corrected chi connectivity index (χ0v) is 13.0. The van der Waals surface area contributed by atoms with Crippen molar-refractivity contribution < 1.29 is 19.2 Å². The molecule has 2 heterocycles. The summed E-state index contributed by atoms with van der Waals surface area (Å²) in [6.07, 6.45) is 1.76. The third-order valence-corrected chi connectivity index (χ3v) is 4.33. The Labute approximate surface area is 134 Å². The SMILES string of the molecule is NC[C@@H]1CC[C@H](CC(N)=O)N1C(=O)CCN1C(=O)CCNC1=O. The molecular weight excluding hydrogens is 302 g/mol. The van der Waals surface area contributed by atoms with Crippen LogP contribution in [0.5, 0.6) is 0 Å². The number of likely N-dealkylation sites (tertiary alicyclic amines) is 1. The predicted octanol–water partition coefficient (Wildman–Crippen LogP) is -1.49. The third-order valence-electron chi connectivity index (χ3n) is 4.33. The van der Waals surface area contributed by atoms with Crippen LogP contribution in [0.25, 0.3) is 0 Å². The van der Waals surface area contributed by atoms with Crippen LogP contribution in [0.4, 0.5) is 4.79 Å². The van der Waals surface area contributed by atoms with Crippen LogP contribution in [-0.4, -0.2) is 65.3 Å². The smallest absolute Gasteiger partial charge is 0.324 e. The van der Waals surface area contributed by atoms with Gasteiger partial charge in [-0.25, -0.2) is 4.79 Å². The molecule has 0 spiro atoms. The van der Waals surface area contributed by atoms with E-state index in [-0.39, 0.29) is 49.7 Å². The van der Waals surface area contributed by atoms with Crippen molar-refractivity contribution in [1.82, 2.24) is 15.1 Å². The maximum absolute atomic E-state index is 12.5. The fourth-order valence-corrected chi connectivity index (χ4v) is 3.22. The molecule has 2 saturated heterocycles. The number of nitrogens with zero attached hydrogens (tertiary/aromatic N) is 2. The average molecular weight is 325 g/mol. The summed E-state index contributed by atoms with van der Waals surface area (Å²) in [4.78, 5) is 49.7. The zero-order valence-electron chi connectivity index (χ0n) is 13.0. The van der Waals surface area contributed by atoms with E-state index in [0.29, 0.717) is 19.5 Å². The van der Waals surface area contributed by atoms with E-state index in [2.05, 4.69) is 5.32 Å². The molecule has 2 fully saturated rings. The minimum Gasteiger partial charge on any atom is -0.370 e. The molecule has 2 aliphatic rings. The molecular formula is C14H23N5O4. The van der Waals surface area contributed by atoms with Gasteiger partial charge in [-0.15, -0.1) is 0 Å². The Morgan fingerprint density at radius 2 is 1.91 bits per heavy atom. The highest BCUT2D eigenvalue weighted by molar-refractivity contribution is 5.97. The van der Waals surface area contributed by atoms with Crippen LogP contribution < -0.4 is 16.8 Å². The lowest BCUT2D eigenvalue weighted by atomic mass is 10.1. The van der Waals surface area contributed by atoms with Crippen molar-refractivity contribution in [2.45, 2.75) is 44.2 Å². The molecule has 5 N–H and O–H groups in total. The van der Waals surface area contributed by atoms with Crippen LogP contribution in [0.2, 0.25) is 0 Å². The largest absolute Gasteiger partial charge is 0.370 e. The van der Waals surface area contributed by atoms with E-state index in [4.69, 9.17) is 11.5 Å². The average Bonchev–Trinajstić information content (AvgIpc) is 2.88. The second-order valence-corrected chi connectivity index (χ2v) is 5.87. The molecule has 0 radical (unpaired) electrons. The van der Waals surface area contributed by atoms with Crippen LogP contribution >= 0.6 is 0 Å². The normalized spacial score (nSPS) is 24.7. The van der Waals surface area contributed by atoms with Crippen LogP contribution in [0.15, 0.2) is 0 Å². The number of nitrogens with two attached hydrogens (primary N) is 2. The molecule has 0 aliphatic carbocycles. The molecule has 5 amide bonds. The molecule has 2 aliphatic heterocycles. The van der Waals surface area contributed by atoms with Crippen molar-refractivity contribution >= 4 is 23.8 Å². The zero-order chi connectivity index (χ0) is 17.0. The Bertz CT molecular complexity index is 493. The van der Waals surface area contributed by atoms with Crippen molar-refractivity contribution in [3.05, 3.63) is 0 Å². The van der Waals surface area contributed by atoms with Gasteiger partial charge in [-0.3, -0.25) is 19.3 Å². The van der Waals surface area contributed by atoms with Crippen LogP contribution in [0, 0.1) is 0 Å². The lowest BCUT2D eigenvalue weighted by Gasteiger charge is -2.31. The maximum Gasteiger partial charge on any atom is 0.324 e. The van der Waals surface area contributed by atoms with Gasteiger partial charge in [-0.2, -0.15) is 0 Å². The topological polar surface area (TPSA) is 139 Å². The molecule has 0 aromatic rings. The second kappa shape index (κ2) is 7.40. The van der Waals surface area contributed by atoms with Gasteiger partial charge in [0.15, 0.2) is 0 Å². The minimum absolute atomic E-state index is 0.0188. The first-order valence-electron chi connectivity index (χ1n) is 7.81. The molecule has 0 bridgehead atoms. The lowest BCUT2D eigenvalue weighted by Crippen LogP contribution is -2.52. The fraction of sp³-hybridized carbons (Fsp3) is 0.714. The number of imide groups is 1. The number of hydrogen-bond acceptors (Lipinski definition) is 5. The number of primary amides is 1. The molecule has 2 rings (SSSR count). The molecule has 0 aromatic carbocycles. The summed E-state index contributed by atoms with van der Waals surface area (Å²) in [5.74, 6) is -0.960. The van der Waals surface area contributed by atoms with Crippen LogP contribution in [-0.2, 0) is 14.4 Å². The Balaban J connectivity index is 1.97. The van der Waals surface area contributed by atoms with Gasteiger partial charge in [0.2, 0.25) is 17.7 Å². The first-order chi connectivity index (χ1) is 10.9. The number of carbonyl (C=O) groups excluding carboxylic acids is 4. The summed E-state index contributed by atoms with van der Waals surface area (Å²) in [7, 11) is 0. The van der Waals surface area contributed by atoms with E-state index in [0.717, 1.165) is 11.3 Å². The van der Waals surface area contributed by atoms with E-state index in [9.17, 15) is 19.2 Å². The van der Waals surface area contributed by atoms with Gasteiger partial charge in [0.1, 0.15) is 0 Å². The number of hydrogen-bond donors (Lipinski definition) is 3. The second-order valence-electron chi connectivity index (χ2n) is 5.87. The summed E-state index contributed by atoms with van der Waals surface area (Å²) < 4.78 is 0. The summed E-state index contributed by atoms with van der Waals surface area (Å²) >= 11 is 0. The van der Waals surface area contributed by atoms with Crippen molar-refractivity contribution in [2.75, 3.05) is 19.6 Å². The molecule has 128 valence electrons. The Morgan fingerprint density at radius 1 is 1.22 bits per heavy atom. The van der Waals surface area contributed by atoms with E-state index in [1.807, 2.05) is 0 Å². The third kappa shape index (κ3) is 3.98. The van der Waals surface area contributed by atoms with Gasteiger partial charge >= 0.3 is 6.03 Å². The van der Waals surface area contributed by atoms with E-state index in [1.165, 1.54) is 0 Å². The van der Waals surface area contributed by atoms with Gasteiger partial charge in [-0.1, -0.05) is 0 Å². The molecule has 23 heavy (non-hydrogen) atoms. The van der Waals surface area contributed by atoms with Gasteiger partial charge in [0.25, 0.3) is 0 Å². The lowest BCUT2D eigenvalue weighted by molar-refractivity contribution is -0.135. The predicted molar refractivity (Wildman–Crippen MR) is 80.9 cm³/mol. The monoisotopic (exact) mass is 325 g/mol. The van der Waals surface area contributed by atoms with E-state index < -0.39 is 11.9 Å². The van der Waals surface area contributed by atoms with Crippen molar-refractivity contribution in [3.63, 3.8) is 0 Å². The minimum atomic E-state index is -0.473. The first kappa shape index (κ1) is 17.2. The summed E-state index contributed by atoms with van der Waals surface area (Å²) in [6.45, 7) is 0.662. The molecule has 9 nitrogen and oxygen atoms in total. The van der Waals surface area contributed by atoms with Gasteiger partial charge < -0.3 is 21.7 Å².